The van der Waals surface area contributed by atoms with Crippen molar-refractivity contribution in [2.45, 2.75) is 13.0 Å². The molecule has 0 unspecified atom stereocenters. The van der Waals surface area contributed by atoms with Gasteiger partial charge in [-0.1, -0.05) is 18.2 Å². The summed E-state index contributed by atoms with van der Waals surface area (Å²) in [6.07, 6.45) is 1.34. The molecule has 3 rings (SSSR count). The summed E-state index contributed by atoms with van der Waals surface area (Å²) in [6.45, 7) is 1.76. The molecule has 0 aliphatic carbocycles. The highest BCUT2D eigenvalue weighted by molar-refractivity contribution is 9.10. The number of aliphatic hydroxyl groups is 1. The first-order valence-electron chi connectivity index (χ1n) is 6.07. The van der Waals surface area contributed by atoms with Gasteiger partial charge in [0.2, 0.25) is 0 Å². The summed E-state index contributed by atoms with van der Waals surface area (Å²) >= 11 is 3.56. The third kappa shape index (κ3) is 2.17. The summed E-state index contributed by atoms with van der Waals surface area (Å²) in [6, 6.07) is 13.9. The molecule has 96 valence electrons. The zero-order valence-corrected chi connectivity index (χ0v) is 12.0. The van der Waals surface area contributed by atoms with E-state index in [2.05, 4.69) is 20.9 Å². The van der Waals surface area contributed by atoms with Gasteiger partial charge in [-0.05, 0) is 52.7 Å². The van der Waals surface area contributed by atoms with Crippen LogP contribution in [0, 0.1) is 0 Å². The molecule has 1 aromatic heterocycles. The number of imidazole rings is 1. The highest BCUT2D eigenvalue weighted by atomic mass is 79.9. The number of fused-ring (bicyclic) bond motifs is 1. The van der Waals surface area contributed by atoms with Crippen molar-refractivity contribution in [1.29, 1.82) is 0 Å². The first-order chi connectivity index (χ1) is 9.16. The number of aromatic nitrogens is 2. The van der Waals surface area contributed by atoms with Crippen LogP contribution in [0.2, 0.25) is 0 Å². The van der Waals surface area contributed by atoms with Crippen LogP contribution in [0.3, 0.4) is 0 Å². The third-order valence-corrected chi connectivity index (χ3v) is 3.80. The minimum absolute atomic E-state index is 0.468. The zero-order valence-electron chi connectivity index (χ0n) is 10.4. The lowest BCUT2D eigenvalue weighted by molar-refractivity contribution is 0.199. The normalized spacial score (nSPS) is 12.8. The molecule has 0 bridgehead atoms. The van der Waals surface area contributed by atoms with E-state index in [9.17, 15) is 5.11 Å². The van der Waals surface area contributed by atoms with Gasteiger partial charge in [-0.3, -0.25) is 4.57 Å². The Morgan fingerprint density at radius 3 is 2.74 bits per heavy atom. The van der Waals surface area contributed by atoms with Crippen molar-refractivity contribution in [2.75, 3.05) is 0 Å². The predicted octanol–water partition coefficient (Wildman–Crippen LogP) is 3.84. The molecular formula is C15H13BrN2O. The molecule has 4 heteroatoms. The molecule has 0 saturated heterocycles. The van der Waals surface area contributed by atoms with Crippen molar-refractivity contribution in [1.82, 2.24) is 9.55 Å². The number of hydrogen-bond donors (Lipinski definition) is 1. The number of hydrogen-bond acceptors (Lipinski definition) is 2. The largest absolute Gasteiger partial charge is 0.389 e. The van der Waals surface area contributed by atoms with Crippen molar-refractivity contribution >= 4 is 27.0 Å². The minimum Gasteiger partial charge on any atom is -0.389 e. The van der Waals surface area contributed by atoms with Crippen LogP contribution in [0.5, 0.6) is 0 Å². The number of halogens is 1. The van der Waals surface area contributed by atoms with Gasteiger partial charge in [0.15, 0.2) is 0 Å². The molecule has 0 fully saturated rings. The Kier molecular flexibility index (Phi) is 3.12. The predicted molar refractivity (Wildman–Crippen MR) is 79.4 cm³/mol. The molecule has 3 nitrogen and oxygen atoms in total. The van der Waals surface area contributed by atoms with E-state index in [0.717, 1.165) is 26.8 Å². The van der Waals surface area contributed by atoms with E-state index in [-0.39, 0.29) is 0 Å². The Morgan fingerprint density at radius 1 is 1.21 bits per heavy atom. The summed E-state index contributed by atoms with van der Waals surface area (Å²) in [5, 5.41) is 9.60. The number of para-hydroxylation sites is 2. The van der Waals surface area contributed by atoms with Crippen LogP contribution in [0.1, 0.15) is 18.6 Å². The fraction of sp³-hybridized carbons (Fsp3) is 0.133. The fourth-order valence-corrected chi connectivity index (χ4v) is 2.72. The molecule has 0 amide bonds. The van der Waals surface area contributed by atoms with E-state index in [1.54, 1.807) is 6.92 Å². The molecule has 2 aromatic carbocycles. The maximum atomic E-state index is 9.60. The quantitative estimate of drug-likeness (QED) is 0.780. The first-order valence-corrected chi connectivity index (χ1v) is 6.86. The Balaban J connectivity index is 2.17. The summed E-state index contributed by atoms with van der Waals surface area (Å²) in [7, 11) is 0. The van der Waals surface area contributed by atoms with Gasteiger partial charge in [-0.25, -0.2) is 4.98 Å². The molecule has 1 N–H and O–H groups in total. The topological polar surface area (TPSA) is 38.0 Å². The smallest absolute Gasteiger partial charge is 0.100 e. The summed E-state index contributed by atoms with van der Waals surface area (Å²) in [5.74, 6) is 0. The summed E-state index contributed by atoms with van der Waals surface area (Å²) in [5.41, 5.74) is 3.93. The molecule has 0 radical (unpaired) electrons. The molecule has 1 atom stereocenters. The van der Waals surface area contributed by atoms with Crippen molar-refractivity contribution in [3.63, 3.8) is 0 Å². The molecule has 0 aliphatic rings. The van der Waals surface area contributed by atoms with Crippen molar-refractivity contribution in [3.05, 3.63) is 58.8 Å². The van der Waals surface area contributed by atoms with E-state index in [1.807, 2.05) is 53.4 Å². The third-order valence-electron chi connectivity index (χ3n) is 3.17. The van der Waals surface area contributed by atoms with E-state index >= 15 is 0 Å². The number of aliphatic hydroxyl groups excluding tert-OH is 1. The Bertz CT molecular complexity index is 734. The molecule has 3 aromatic rings. The number of benzene rings is 2. The average molecular weight is 317 g/mol. The summed E-state index contributed by atoms with van der Waals surface area (Å²) < 4.78 is 2.97. The second-order valence-electron chi connectivity index (χ2n) is 4.49. The molecule has 1 heterocycles. The van der Waals surface area contributed by atoms with Crippen LogP contribution >= 0.6 is 15.9 Å². The Morgan fingerprint density at radius 2 is 2.00 bits per heavy atom. The fourth-order valence-electron chi connectivity index (χ4n) is 2.13. The van der Waals surface area contributed by atoms with Crippen molar-refractivity contribution in [2.24, 2.45) is 0 Å². The minimum atomic E-state index is -0.468. The van der Waals surface area contributed by atoms with Crippen molar-refractivity contribution in [3.8, 4) is 5.69 Å². The first kappa shape index (κ1) is 12.4. The molecule has 0 spiro atoms. The zero-order chi connectivity index (χ0) is 13.4. The highest BCUT2D eigenvalue weighted by Gasteiger charge is 2.09. The van der Waals surface area contributed by atoms with Gasteiger partial charge in [-0.15, -0.1) is 0 Å². The van der Waals surface area contributed by atoms with Crippen LogP contribution in [0.4, 0.5) is 0 Å². The average Bonchev–Trinajstić information content (AvgIpc) is 2.82. The van der Waals surface area contributed by atoms with Gasteiger partial charge in [0, 0.05) is 4.47 Å². The van der Waals surface area contributed by atoms with Crippen LogP contribution in [-0.2, 0) is 0 Å². The van der Waals surface area contributed by atoms with E-state index in [0.29, 0.717) is 0 Å². The van der Waals surface area contributed by atoms with Gasteiger partial charge in [0.1, 0.15) is 6.33 Å². The van der Waals surface area contributed by atoms with Crippen molar-refractivity contribution < 1.29 is 5.11 Å². The van der Waals surface area contributed by atoms with Gasteiger partial charge in [0.05, 0.1) is 22.8 Å². The number of nitrogens with zero attached hydrogens (tertiary/aromatic N) is 2. The Labute approximate surface area is 119 Å². The molecule has 19 heavy (non-hydrogen) atoms. The lowest BCUT2D eigenvalue weighted by atomic mass is 10.1. The van der Waals surface area contributed by atoms with Crippen LogP contribution < -0.4 is 0 Å². The highest BCUT2D eigenvalue weighted by Crippen LogP contribution is 2.27. The van der Waals surface area contributed by atoms with Gasteiger partial charge in [-0.2, -0.15) is 0 Å². The summed E-state index contributed by atoms with van der Waals surface area (Å²) in [4.78, 5) is 4.39. The molecular weight excluding hydrogens is 304 g/mol. The van der Waals surface area contributed by atoms with Gasteiger partial charge >= 0.3 is 0 Å². The van der Waals surface area contributed by atoms with E-state index in [1.165, 1.54) is 0 Å². The second-order valence-corrected chi connectivity index (χ2v) is 5.34. The lowest BCUT2D eigenvalue weighted by Gasteiger charge is -2.10. The van der Waals surface area contributed by atoms with Crippen LogP contribution in [-0.4, -0.2) is 14.7 Å². The maximum Gasteiger partial charge on any atom is 0.100 e. The van der Waals surface area contributed by atoms with Gasteiger partial charge in [0.25, 0.3) is 0 Å². The van der Waals surface area contributed by atoms with Crippen LogP contribution in [0.25, 0.3) is 16.7 Å². The van der Waals surface area contributed by atoms with Crippen LogP contribution in [0.15, 0.2) is 53.3 Å². The standard InChI is InChI=1S/C15H13BrN2O/c1-10(19)11-6-7-14(12(16)8-11)18-9-17-13-4-2-3-5-15(13)18/h2-10,19H,1H3/t10-/m1/s1. The molecule has 0 saturated carbocycles. The van der Waals surface area contributed by atoms with Gasteiger partial charge < -0.3 is 5.11 Å². The monoisotopic (exact) mass is 316 g/mol. The van der Waals surface area contributed by atoms with E-state index < -0.39 is 6.10 Å². The SMILES string of the molecule is C[C@@H](O)c1ccc(-n2cnc3ccccc32)c(Br)c1. The molecule has 0 aliphatic heterocycles. The Hall–Kier alpha value is -1.65. The lowest BCUT2D eigenvalue weighted by Crippen LogP contribution is -1.96. The maximum absolute atomic E-state index is 9.60. The van der Waals surface area contributed by atoms with E-state index in [4.69, 9.17) is 0 Å². The second kappa shape index (κ2) is 4.79. The number of rotatable bonds is 2.